The summed E-state index contributed by atoms with van der Waals surface area (Å²) in [6.07, 6.45) is 4.70. The first-order valence-corrected chi connectivity index (χ1v) is 11.2. The Kier molecular flexibility index (Phi) is 11.9. The first-order chi connectivity index (χ1) is 14.3. The van der Waals surface area contributed by atoms with E-state index in [0.29, 0.717) is 30.9 Å². The lowest BCUT2D eigenvalue weighted by atomic mass is 10.1. The number of carbonyl (C=O) groups excluding carboxylic acids is 2. The van der Waals surface area contributed by atoms with Crippen molar-refractivity contribution in [3.63, 3.8) is 0 Å². The van der Waals surface area contributed by atoms with E-state index in [4.69, 9.17) is 9.47 Å². The van der Waals surface area contributed by atoms with Crippen molar-refractivity contribution >= 4 is 11.8 Å². The minimum Gasteiger partial charge on any atom is -0.493 e. The fourth-order valence-corrected chi connectivity index (χ4v) is 3.08. The number of amides is 2. The van der Waals surface area contributed by atoms with Crippen LogP contribution in [0.3, 0.4) is 0 Å². The van der Waals surface area contributed by atoms with Gasteiger partial charge in [-0.3, -0.25) is 9.59 Å². The molecule has 1 aromatic carbocycles. The molecule has 0 atom stereocenters. The van der Waals surface area contributed by atoms with Gasteiger partial charge in [-0.1, -0.05) is 59.9 Å². The average Bonchev–Trinajstić information content (AvgIpc) is 2.66. The molecule has 0 heterocycles. The van der Waals surface area contributed by atoms with Crippen LogP contribution in [0.2, 0.25) is 0 Å². The first kappa shape index (κ1) is 25.8. The second kappa shape index (κ2) is 13.9. The molecule has 1 rings (SSSR count). The maximum atomic E-state index is 12.4. The second-order valence-corrected chi connectivity index (χ2v) is 8.58. The summed E-state index contributed by atoms with van der Waals surface area (Å²) >= 11 is 0. The maximum absolute atomic E-state index is 12.4. The minimum absolute atomic E-state index is 0.102. The molecule has 0 spiro atoms. The van der Waals surface area contributed by atoms with Crippen LogP contribution in [0, 0.1) is 11.8 Å². The van der Waals surface area contributed by atoms with Crippen molar-refractivity contribution in [3.05, 3.63) is 23.8 Å². The third-order valence-corrected chi connectivity index (χ3v) is 4.57. The molecule has 0 bridgehead atoms. The number of hydrogen-bond donors (Lipinski definition) is 2. The highest BCUT2D eigenvalue weighted by Crippen LogP contribution is 2.30. The van der Waals surface area contributed by atoms with E-state index in [1.165, 1.54) is 12.8 Å². The molecule has 170 valence electrons. The van der Waals surface area contributed by atoms with Crippen LogP contribution in [-0.2, 0) is 9.59 Å². The van der Waals surface area contributed by atoms with Gasteiger partial charge in [-0.2, -0.15) is 0 Å². The van der Waals surface area contributed by atoms with Crippen molar-refractivity contribution in [2.45, 2.75) is 79.3 Å². The summed E-state index contributed by atoms with van der Waals surface area (Å²) in [5.74, 6) is 1.51. The van der Waals surface area contributed by atoms with Crippen molar-refractivity contribution in [2.24, 2.45) is 11.8 Å². The number of hydrogen-bond acceptors (Lipinski definition) is 4. The highest BCUT2D eigenvalue weighted by Gasteiger charge is 2.20. The number of ether oxygens (including phenoxy) is 2. The van der Waals surface area contributed by atoms with Crippen LogP contribution in [0.1, 0.15) is 84.9 Å². The Labute approximate surface area is 182 Å². The number of unbranched alkanes of at least 4 members (excludes halogenated alkanes) is 3. The average molecular weight is 421 g/mol. The molecule has 6 nitrogen and oxygen atoms in total. The normalized spacial score (nSPS) is 11.1. The molecule has 30 heavy (non-hydrogen) atoms. The zero-order valence-corrected chi connectivity index (χ0v) is 19.5. The van der Waals surface area contributed by atoms with E-state index in [1.807, 2.05) is 45.9 Å². The second-order valence-electron chi connectivity index (χ2n) is 8.58. The largest absolute Gasteiger partial charge is 0.493 e. The van der Waals surface area contributed by atoms with Crippen LogP contribution in [0.25, 0.3) is 0 Å². The summed E-state index contributed by atoms with van der Waals surface area (Å²) in [5.41, 5.74) is 0.749. The van der Waals surface area contributed by atoms with E-state index in [1.54, 1.807) is 7.11 Å². The highest BCUT2D eigenvalue weighted by molar-refractivity contribution is 5.79. The van der Waals surface area contributed by atoms with Crippen LogP contribution in [0.5, 0.6) is 11.5 Å². The zero-order chi connectivity index (χ0) is 22.5. The smallest absolute Gasteiger partial charge is 0.222 e. The minimum atomic E-state index is -0.616. The molecule has 0 aromatic heterocycles. The van der Waals surface area contributed by atoms with Crippen molar-refractivity contribution in [3.8, 4) is 11.5 Å². The number of carbonyl (C=O) groups is 2. The number of benzene rings is 1. The predicted molar refractivity (Wildman–Crippen MR) is 121 cm³/mol. The zero-order valence-electron chi connectivity index (χ0n) is 19.5. The van der Waals surface area contributed by atoms with Gasteiger partial charge < -0.3 is 20.1 Å². The lowest BCUT2D eigenvalue weighted by Gasteiger charge is -2.23. The van der Waals surface area contributed by atoms with Crippen LogP contribution in [0.15, 0.2) is 18.2 Å². The molecular formula is C24H40N2O4. The van der Waals surface area contributed by atoms with E-state index < -0.39 is 6.17 Å². The fraction of sp³-hybridized carbons (Fsp3) is 0.667. The lowest BCUT2D eigenvalue weighted by molar-refractivity contribution is -0.125. The quantitative estimate of drug-likeness (QED) is 0.329. The van der Waals surface area contributed by atoms with E-state index in [9.17, 15) is 9.59 Å². The third kappa shape index (κ3) is 9.99. The Morgan fingerprint density at radius 2 is 1.50 bits per heavy atom. The van der Waals surface area contributed by atoms with Gasteiger partial charge in [-0.05, 0) is 36.0 Å². The van der Waals surface area contributed by atoms with E-state index in [-0.39, 0.29) is 23.7 Å². The number of methoxy groups -OCH3 is 1. The molecule has 0 saturated carbocycles. The Morgan fingerprint density at radius 3 is 2.00 bits per heavy atom. The van der Waals surface area contributed by atoms with Gasteiger partial charge in [-0.15, -0.1) is 0 Å². The summed E-state index contributed by atoms with van der Waals surface area (Å²) in [7, 11) is 1.59. The molecule has 2 amide bonds. The summed E-state index contributed by atoms with van der Waals surface area (Å²) in [4.78, 5) is 24.7. The SMILES string of the molecule is CCCCCCOc1ccc(C(NC(=O)CC(C)C)NC(=O)CC(C)C)cc1OC. The standard InChI is InChI=1S/C24H40N2O4/c1-7-8-9-10-13-30-20-12-11-19(16-21(20)29-6)24(25-22(27)14-17(2)3)26-23(28)15-18(4)5/h11-12,16-18,24H,7-10,13-15H2,1-6H3,(H,25,27)(H,26,28). The summed E-state index contributed by atoms with van der Waals surface area (Å²) in [6.45, 7) is 10.8. The van der Waals surface area contributed by atoms with Gasteiger partial charge in [0.05, 0.1) is 13.7 Å². The molecule has 2 N–H and O–H groups in total. The summed E-state index contributed by atoms with van der Waals surface area (Å²) < 4.78 is 11.4. The molecular weight excluding hydrogens is 380 g/mol. The van der Waals surface area contributed by atoms with Crippen LogP contribution in [-0.4, -0.2) is 25.5 Å². The topological polar surface area (TPSA) is 76.7 Å². The van der Waals surface area contributed by atoms with Gasteiger partial charge in [0, 0.05) is 12.8 Å². The molecule has 1 aromatic rings. The molecule has 0 saturated heterocycles. The van der Waals surface area contributed by atoms with Gasteiger partial charge in [-0.25, -0.2) is 0 Å². The van der Waals surface area contributed by atoms with E-state index >= 15 is 0 Å². The van der Waals surface area contributed by atoms with Crippen LogP contribution in [0.4, 0.5) is 0 Å². The van der Waals surface area contributed by atoms with Gasteiger partial charge in [0.25, 0.3) is 0 Å². The summed E-state index contributed by atoms with van der Waals surface area (Å²) in [6, 6.07) is 5.52. The van der Waals surface area contributed by atoms with Crippen LogP contribution >= 0.6 is 0 Å². The van der Waals surface area contributed by atoms with Crippen molar-refractivity contribution in [1.82, 2.24) is 10.6 Å². The molecule has 0 fully saturated rings. The van der Waals surface area contributed by atoms with Gasteiger partial charge in [0.2, 0.25) is 11.8 Å². The molecule has 0 unspecified atom stereocenters. The molecule has 0 aliphatic rings. The first-order valence-electron chi connectivity index (χ1n) is 11.2. The Balaban J connectivity index is 2.95. The van der Waals surface area contributed by atoms with Gasteiger partial charge in [0.15, 0.2) is 11.5 Å². The highest BCUT2D eigenvalue weighted by atomic mass is 16.5. The van der Waals surface area contributed by atoms with Crippen molar-refractivity contribution < 1.29 is 19.1 Å². The molecule has 6 heteroatoms. The Morgan fingerprint density at radius 1 is 0.900 bits per heavy atom. The third-order valence-electron chi connectivity index (χ3n) is 4.57. The molecule has 0 radical (unpaired) electrons. The van der Waals surface area contributed by atoms with Crippen molar-refractivity contribution in [1.29, 1.82) is 0 Å². The van der Waals surface area contributed by atoms with E-state index in [2.05, 4.69) is 17.6 Å². The van der Waals surface area contributed by atoms with Gasteiger partial charge in [0.1, 0.15) is 6.17 Å². The fourth-order valence-electron chi connectivity index (χ4n) is 3.08. The molecule has 0 aliphatic heterocycles. The summed E-state index contributed by atoms with van der Waals surface area (Å²) in [5, 5.41) is 5.88. The molecule has 0 aliphatic carbocycles. The maximum Gasteiger partial charge on any atom is 0.222 e. The van der Waals surface area contributed by atoms with E-state index in [0.717, 1.165) is 18.4 Å². The lowest BCUT2D eigenvalue weighted by Crippen LogP contribution is -2.41. The monoisotopic (exact) mass is 420 g/mol. The van der Waals surface area contributed by atoms with Crippen molar-refractivity contribution in [2.75, 3.05) is 13.7 Å². The predicted octanol–water partition coefficient (Wildman–Crippen LogP) is 4.98. The Hall–Kier alpha value is -2.24. The van der Waals surface area contributed by atoms with Crippen LogP contribution < -0.4 is 20.1 Å². The number of rotatable bonds is 14. The van der Waals surface area contributed by atoms with Gasteiger partial charge >= 0.3 is 0 Å². The number of nitrogens with one attached hydrogen (secondary N) is 2. The Bertz CT molecular complexity index is 635.